The molecule has 0 aromatic heterocycles. The van der Waals surface area contributed by atoms with Crippen LogP contribution in [0.15, 0.2) is 0 Å². The number of nitrogens with one attached hydrogen (secondary N) is 1. The van der Waals surface area contributed by atoms with Gasteiger partial charge in [0.05, 0.1) is 0 Å². The SMILES string of the molecule is S=C(NN1CCOCC1)[S][Tl]. The van der Waals surface area contributed by atoms with Crippen molar-refractivity contribution in [2.24, 2.45) is 0 Å². The maximum absolute atomic E-state index is 5.19. The third-order valence-corrected chi connectivity index (χ3v) is 6.79. The number of rotatable bonds is 1. The number of morpholine rings is 1. The van der Waals surface area contributed by atoms with E-state index in [1.165, 1.54) is 0 Å². The van der Waals surface area contributed by atoms with Crippen LogP contribution >= 0.6 is 20.5 Å². The number of hydrogen-bond donors (Lipinski definition) is 1. The van der Waals surface area contributed by atoms with Gasteiger partial charge in [-0.1, -0.05) is 0 Å². The van der Waals surface area contributed by atoms with Crippen LogP contribution < -0.4 is 5.43 Å². The minimum atomic E-state index is 0.809. The van der Waals surface area contributed by atoms with Crippen molar-refractivity contribution >= 4 is 49.1 Å². The van der Waals surface area contributed by atoms with E-state index in [2.05, 4.69) is 10.4 Å². The molecular weight excluding hydrogens is 373 g/mol. The molecule has 0 saturated carbocycles. The zero-order valence-corrected chi connectivity index (χ0v) is 12.2. The van der Waals surface area contributed by atoms with Gasteiger partial charge in [-0.05, 0) is 0 Å². The van der Waals surface area contributed by atoms with Gasteiger partial charge in [0.25, 0.3) is 0 Å². The van der Waals surface area contributed by atoms with Crippen molar-refractivity contribution in [3.63, 3.8) is 0 Å². The van der Waals surface area contributed by atoms with Gasteiger partial charge in [0, 0.05) is 0 Å². The van der Waals surface area contributed by atoms with Gasteiger partial charge in [-0.3, -0.25) is 0 Å². The molecule has 1 heterocycles. The fraction of sp³-hybridized carbons (Fsp3) is 0.800. The number of hydrazine groups is 1. The Morgan fingerprint density at radius 3 is 2.73 bits per heavy atom. The van der Waals surface area contributed by atoms with Gasteiger partial charge in [-0.15, -0.1) is 0 Å². The Labute approximate surface area is 90.0 Å². The van der Waals surface area contributed by atoms with Crippen molar-refractivity contribution in [2.45, 2.75) is 0 Å². The molecule has 0 radical (unpaired) electrons. The van der Waals surface area contributed by atoms with Crippen molar-refractivity contribution < 1.29 is 4.74 Å². The molecule has 0 bridgehead atoms. The molecular formula is C5H9N2OS2Tl. The van der Waals surface area contributed by atoms with Crippen LogP contribution in [-0.4, -0.2) is 59.9 Å². The molecule has 0 unspecified atom stereocenters. The topological polar surface area (TPSA) is 24.5 Å². The van der Waals surface area contributed by atoms with E-state index in [0.29, 0.717) is 0 Å². The van der Waals surface area contributed by atoms with Crippen LogP contribution in [0.4, 0.5) is 0 Å². The van der Waals surface area contributed by atoms with Gasteiger partial charge in [-0.2, -0.15) is 0 Å². The summed E-state index contributed by atoms with van der Waals surface area (Å²) in [5.41, 5.74) is 3.16. The van der Waals surface area contributed by atoms with Crippen LogP contribution in [0.1, 0.15) is 0 Å². The third-order valence-electron chi connectivity index (χ3n) is 1.37. The third kappa shape index (κ3) is 4.02. The van der Waals surface area contributed by atoms with E-state index in [-0.39, 0.29) is 0 Å². The summed E-state index contributed by atoms with van der Waals surface area (Å²) in [6.07, 6.45) is 0. The fourth-order valence-electron chi connectivity index (χ4n) is 0.831. The molecule has 1 rings (SSSR count). The Morgan fingerprint density at radius 2 is 2.18 bits per heavy atom. The number of nitrogens with zero attached hydrogens (tertiary/aromatic N) is 1. The Morgan fingerprint density at radius 1 is 1.55 bits per heavy atom. The monoisotopic (exact) mass is 382 g/mol. The van der Waals surface area contributed by atoms with Gasteiger partial charge in [0.15, 0.2) is 0 Å². The summed E-state index contributed by atoms with van der Waals surface area (Å²) in [7, 11) is 1.72. The van der Waals surface area contributed by atoms with Crippen molar-refractivity contribution in [1.29, 1.82) is 0 Å². The maximum atomic E-state index is 5.19. The molecule has 11 heavy (non-hydrogen) atoms. The van der Waals surface area contributed by atoms with Crippen LogP contribution in [0.5, 0.6) is 0 Å². The predicted molar refractivity (Wildman–Crippen MR) is 51.5 cm³/mol. The molecule has 0 aromatic carbocycles. The van der Waals surface area contributed by atoms with E-state index in [1.54, 1.807) is 8.31 Å². The molecule has 0 aliphatic carbocycles. The summed E-state index contributed by atoms with van der Waals surface area (Å²) in [5.74, 6) is 0. The van der Waals surface area contributed by atoms with Crippen LogP contribution in [0.2, 0.25) is 0 Å². The average Bonchev–Trinajstić information content (AvgIpc) is 2.06. The summed E-state index contributed by atoms with van der Waals surface area (Å²) in [6.45, 7) is 3.49. The van der Waals surface area contributed by atoms with Gasteiger partial charge in [0.2, 0.25) is 0 Å². The average molecular weight is 382 g/mol. The first-order valence-electron chi connectivity index (χ1n) is 3.33. The Balaban J connectivity index is 2.19. The van der Waals surface area contributed by atoms with Crippen molar-refractivity contribution in [1.82, 2.24) is 10.4 Å². The summed E-state index contributed by atoms with van der Waals surface area (Å²) in [6, 6.07) is 0. The molecule has 1 saturated heterocycles. The number of thiocarbonyl (C=S) groups is 1. The Hall–Kier alpha value is 1.08. The summed E-state index contributed by atoms with van der Waals surface area (Å²) >= 11 is 5.92. The first-order chi connectivity index (χ1) is 5.33. The molecule has 1 N–H and O–H groups in total. The van der Waals surface area contributed by atoms with Crippen LogP contribution in [0, 0.1) is 0 Å². The van der Waals surface area contributed by atoms with E-state index in [1.807, 2.05) is 0 Å². The van der Waals surface area contributed by atoms with Crippen molar-refractivity contribution in [3.05, 3.63) is 0 Å². The molecule has 1 fully saturated rings. The molecule has 0 atom stereocenters. The summed E-state index contributed by atoms with van der Waals surface area (Å²) in [5, 5.41) is 2.11. The van der Waals surface area contributed by atoms with Gasteiger partial charge in [0.1, 0.15) is 0 Å². The molecule has 1 aliphatic rings. The summed E-state index contributed by atoms with van der Waals surface area (Å²) in [4.78, 5) is 0. The standard InChI is InChI=1S/C5H10N2OS2.Tl/c9-5(10)6-7-1-3-8-4-2-7;/h1-4H2,(H2,6,9,10);/q;+1/p-1. The summed E-state index contributed by atoms with van der Waals surface area (Å²) < 4.78 is 6.09. The molecule has 60 valence electrons. The van der Waals surface area contributed by atoms with E-state index >= 15 is 0 Å². The Bertz CT molecular complexity index is 140. The van der Waals surface area contributed by atoms with Crippen LogP contribution in [-0.2, 0) is 4.74 Å². The van der Waals surface area contributed by atoms with Crippen molar-refractivity contribution in [2.75, 3.05) is 26.3 Å². The molecule has 1 aliphatic heterocycles. The molecule has 0 spiro atoms. The van der Waals surface area contributed by atoms with Gasteiger partial charge >= 0.3 is 90.6 Å². The second-order valence-corrected chi connectivity index (χ2v) is 6.18. The van der Waals surface area contributed by atoms with E-state index in [9.17, 15) is 0 Å². The zero-order valence-electron chi connectivity index (χ0n) is 6.08. The molecule has 0 aromatic rings. The molecule has 6 heteroatoms. The second kappa shape index (κ2) is 5.68. The van der Waals surface area contributed by atoms with Gasteiger partial charge in [-0.25, -0.2) is 0 Å². The van der Waals surface area contributed by atoms with Crippen LogP contribution in [0.3, 0.4) is 0 Å². The first-order valence-corrected chi connectivity index (χ1v) is 10.1. The van der Waals surface area contributed by atoms with E-state index in [0.717, 1.165) is 54.9 Å². The van der Waals surface area contributed by atoms with E-state index < -0.39 is 0 Å². The Kier molecular flexibility index (Phi) is 5.25. The van der Waals surface area contributed by atoms with Crippen LogP contribution in [0.25, 0.3) is 0 Å². The molecule has 3 nitrogen and oxygen atoms in total. The normalized spacial score (nSPS) is 19.5. The second-order valence-electron chi connectivity index (χ2n) is 2.12. The molecule has 0 amide bonds. The number of hydrogen-bond acceptors (Lipinski definition) is 4. The fourth-order valence-corrected chi connectivity index (χ4v) is 1.76. The minimum absolute atomic E-state index is 0.809. The predicted octanol–water partition coefficient (Wildman–Crippen LogP) is -0.0752. The first kappa shape index (κ1) is 10.2. The quantitative estimate of drug-likeness (QED) is 0.506. The number of ether oxygens (including phenoxy) is 1. The van der Waals surface area contributed by atoms with E-state index in [4.69, 9.17) is 17.0 Å². The zero-order chi connectivity index (χ0) is 8.10. The van der Waals surface area contributed by atoms with Gasteiger partial charge < -0.3 is 0 Å². The van der Waals surface area contributed by atoms with Crippen molar-refractivity contribution in [3.8, 4) is 0 Å².